The molecule has 3 N–H and O–H groups in total. The van der Waals surface area contributed by atoms with E-state index >= 15 is 0 Å². The highest BCUT2D eigenvalue weighted by Gasteiger charge is 2.11. The van der Waals surface area contributed by atoms with Crippen molar-refractivity contribution in [1.29, 1.82) is 0 Å². The van der Waals surface area contributed by atoms with Crippen LogP contribution in [0.1, 0.15) is 6.92 Å². The lowest BCUT2D eigenvalue weighted by molar-refractivity contribution is 0.281. The van der Waals surface area contributed by atoms with Crippen molar-refractivity contribution in [3.63, 3.8) is 0 Å². The number of hydrogen-bond acceptors (Lipinski definition) is 6. The van der Waals surface area contributed by atoms with Gasteiger partial charge in [-0.1, -0.05) is 11.6 Å². The number of rotatable bonds is 6. The monoisotopic (exact) mass is 373 g/mol. The molecule has 2 aromatic heterocycles. The maximum atomic E-state index is 14.0. The van der Waals surface area contributed by atoms with Crippen LogP contribution in [0.25, 0.3) is 11.3 Å². The molecular formula is C18H17ClFN5O. The van der Waals surface area contributed by atoms with Crippen LogP contribution >= 0.6 is 11.6 Å². The predicted octanol–water partition coefficient (Wildman–Crippen LogP) is 3.87. The fourth-order valence-electron chi connectivity index (χ4n) is 2.24. The number of aliphatic hydroxyl groups excluding tert-OH is 1. The molecule has 3 aromatic rings. The summed E-state index contributed by atoms with van der Waals surface area (Å²) in [5.41, 5.74) is 1.66. The number of hydrogen-bond donors (Lipinski definition) is 3. The highest BCUT2D eigenvalue weighted by molar-refractivity contribution is 6.30. The van der Waals surface area contributed by atoms with Crippen LogP contribution in [0.5, 0.6) is 0 Å². The third-order valence-corrected chi connectivity index (χ3v) is 3.78. The van der Waals surface area contributed by atoms with Gasteiger partial charge in [0.15, 0.2) is 0 Å². The quantitative estimate of drug-likeness (QED) is 0.608. The van der Waals surface area contributed by atoms with Crippen molar-refractivity contribution in [2.75, 3.05) is 17.2 Å². The van der Waals surface area contributed by atoms with Crippen molar-refractivity contribution in [2.24, 2.45) is 0 Å². The zero-order chi connectivity index (χ0) is 18.5. The smallest absolute Gasteiger partial charge is 0.225 e. The van der Waals surface area contributed by atoms with E-state index in [9.17, 15) is 9.50 Å². The first kappa shape index (κ1) is 18.0. The first-order valence-electron chi connectivity index (χ1n) is 7.94. The van der Waals surface area contributed by atoms with E-state index < -0.39 is 5.82 Å². The molecule has 26 heavy (non-hydrogen) atoms. The molecule has 1 atom stereocenters. The molecule has 8 heteroatoms. The second-order valence-corrected chi connectivity index (χ2v) is 6.11. The molecule has 0 unspecified atom stereocenters. The second-order valence-electron chi connectivity index (χ2n) is 5.68. The molecule has 0 fully saturated rings. The van der Waals surface area contributed by atoms with Gasteiger partial charge in [-0.05, 0) is 37.3 Å². The van der Waals surface area contributed by atoms with Crippen molar-refractivity contribution in [3.8, 4) is 11.3 Å². The van der Waals surface area contributed by atoms with E-state index in [4.69, 9.17) is 11.6 Å². The molecule has 1 aromatic carbocycles. The molecule has 0 saturated heterocycles. The Balaban J connectivity index is 2.00. The Hall–Kier alpha value is -2.77. The van der Waals surface area contributed by atoms with Crippen LogP contribution < -0.4 is 10.6 Å². The van der Waals surface area contributed by atoms with Gasteiger partial charge in [-0.15, -0.1) is 0 Å². The minimum Gasteiger partial charge on any atom is -0.394 e. The standard InChI is InChI=1S/C18H17ClFN5O/c1-11(10-26)22-18-24-15(12-4-6-21-7-5-12)9-17(25-18)23-16-8-13(19)2-3-14(16)20/h2-9,11,26H,10H2,1H3,(H2,22,23,24,25)/t11-/m0/s1. The van der Waals surface area contributed by atoms with Crippen LogP contribution in [0.4, 0.5) is 21.8 Å². The summed E-state index contributed by atoms with van der Waals surface area (Å²) in [7, 11) is 0. The van der Waals surface area contributed by atoms with Gasteiger partial charge in [0.25, 0.3) is 0 Å². The van der Waals surface area contributed by atoms with Gasteiger partial charge in [0, 0.05) is 35.1 Å². The summed E-state index contributed by atoms with van der Waals surface area (Å²) in [5.74, 6) is 0.253. The van der Waals surface area contributed by atoms with E-state index in [-0.39, 0.29) is 18.3 Å². The average molecular weight is 374 g/mol. The highest BCUT2D eigenvalue weighted by atomic mass is 35.5. The molecule has 0 spiro atoms. The largest absolute Gasteiger partial charge is 0.394 e. The minimum atomic E-state index is -0.447. The molecule has 0 bridgehead atoms. The second kappa shape index (κ2) is 8.07. The summed E-state index contributed by atoms with van der Waals surface area (Å²) in [4.78, 5) is 12.8. The first-order valence-corrected chi connectivity index (χ1v) is 8.32. The molecule has 3 rings (SSSR count). The number of aliphatic hydroxyl groups is 1. The number of nitrogens with zero attached hydrogens (tertiary/aromatic N) is 3. The summed E-state index contributed by atoms with van der Waals surface area (Å²) in [6.45, 7) is 1.72. The Labute approximate surface area is 155 Å². The minimum absolute atomic E-state index is 0.0749. The van der Waals surface area contributed by atoms with Gasteiger partial charge in [-0.25, -0.2) is 9.37 Å². The number of pyridine rings is 1. The number of anilines is 3. The SMILES string of the molecule is C[C@@H](CO)Nc1nc(Nc2cc(Cl)ccc2F)cc(-c2ccncc2)n1. The fraction of sp³-hybridized carbons (Fsp3) is 0.167. The Kier molecular flexibility index (Phi) is 5.60. The van der Waals surface area contributed by atoms with E-state index in [0.29, 0.717) is 22.5 Å². The van der Waals surface area contributed by atoms with Crippen LogP contribution in [-0.2, 0) is 0 Å². The lowest BCUT2D eigenvalue weighted by Gasteiger charge is -2.14. The van der Waals surface area contributed by atoms with E-state index in [1.807, 2.05) is 12.1 Å². The molecule has 0 radical (unpaired) electrons. The molecule has 2 heterocycles. The van der Waals surface area contributed by atoms with Crippen LogP contribution in [0.15, 0.2) is 48.8 Å². The number of benzene rings is 1. The Morgan fingerprint density at radius 2 is 1.92 bits per heavy atom. The first-order chi connectivity index (χ1) is 12.5. The zero-order valence-corrected chi connectivity index (χ0v) is 14.7. The Bertz CT molecular complexity index is 894. The fourth-order valence-corrected chi connectivity index (χ4v) is 2.42. The van der Waals surface area contributed by atoms with Crippen molar-refractivity contribution in [1.82, 2.24) is 15.0 Å². The topological polar surface area (TPSA) is 83.0 Å². The maximum Gasteiger partial charge on any atom is 0.225 e. The van der Waals surface area contributed by atoms with Gasteiger partial charge in [0.05, 0.1) is 18.0 Å². The normalized spacial score (nSPS) is 11.8. The van der Waals surface area contributed by atoms with Crippen molar-refractivity contribution in [3.05, 3.63) is 59.6 Å². The number of aromatic nitrogens is 3. The van der Waals surface area contributed by atoms with Crippen molar-refractivity contribution in [2.45, 2.75) is 13.0 Å². The van der Waals surface area contributed by atoms with E-state index in [2.05, 4.69) is 25.6 Å². The number of nitrogens with one attached hydrogen (secondary N) is 2. The maximum absolute atomic E-state index is 14.0. The van der Waals surface area contributed by atoms with Crippen molar-refractivity contribution >= 4 is 29.1 Å². The van der Waals surface area contributed by atoms with E-state index in [1.54, 1.807) is 25.4 Å². The van der Waals surface area contributed by atoms with Crippen LogP contribution in [-0.4, -0.2) is 32.7 Å². The van der Waals surface area contributed by atoms with Gasteiger partial charge in [-0.3, -0.25) is 4.98 Å². The summed E-state index contributed by atoms with van der Waals surface area (Å²) in [5, 5.41) is 15.6. The van der Waals surface area contributed by atoms with Gasteiger partial charge in [0.2, 0.25) is 5.95 Å². The molecule has 6 nitrogen and oxygen atoms in total. The highest BCUT2D eigenvalue weighted by Crippen LogP contribution is 2.26. The van der Waals surface area contributed by atoms with Gasteiger partial charge >= 0.3 is 0 Å². The predicted molar refractivity (Wildman–Crippen MR) is 100 cm³/mol. The molecule has 0 aliphatic rings. The molecule has 0 aliphatic heterocycles. The third kappa shape index (κ3) is 4.44. The summed E-state index contributed by atoms with van der Waals surface area (Å²) in [6, 6.07) is 9.32. The zero-order valence-electron chi connectivity index (χ0n) is 13.9. The molecule has 0 aliphatic carbocycles. The van der Waals surface area contributed by atoms with Gasteiger partial charge < -0.3 is 15.7 Å². The average Bonchev–Trinajstić information content (AvgIpc) is 2.65. The number of halogens is 2. The van der Waals surface area contributed by atoms with Gasteiger partial charge in [0.1, 0.15) is 11.6 Å². The Morgan fingerprint density at radius 1 is 1.15 bits per heavy atom. The molecular weight excluding hydrogens is 357 g/mol. The molecule has 0 amide bonds. The summed E-state index contributed by atoms with van der Waals surface area (Å²) in [6.07, 6.45) is 3.31. The van der Waals surface area contributed by atoms with E-state index in [0.717, 1.165) is 5.56 Å². The lowest BCUT2D eigenvalue weighted by atomic mass is 10.2. The summed E-state index contributed by atoms with van der Waals surface area (Å²) >= 11 is 5.94. The third-order valence-electron chi connectivity index (χ3n) is 3.54. The van der Waals surface area contributed by atoms with Crippen molar-refractivity contribution < 1.29 is 9.50 Å². The van der Waals surface area contributed by atoms with Crippen LogP contribution in [0.3, 0.4) is 0 Å². The molecule has 0 saturated carbocycles. The van der Waals surface area contributed by atoms with Crippen LogP contribution in [0, 0.1) is 5.82 Å². The lowest BCUT2D eigenvalue weighted by Crippen LogP contribution is -2.21. The van der Waals surface area contributed by atoms with Crippen LogP contribution in [0.2, 0.25) is 5.02 Å². The van der Waals surface area contributed by atoms with E-state index in [1.165, 1.54) is 18.2 Å². The molecule has 134 valence electrons. The van der Waals surface area contributed by atoms with Gasteiger partial charge in [-0.2, -0.15) is 4.98 Å². The summed E-state index contributed by atoms with van der Waals surface area (Å²) < 4.78 is 14.0. The Morgan fingerprint density at radius 3 is 2.65 bits per heavy atom.